The molecule has 0 saturated carbocycles. The molecular weight excluding hydrogens is 289 g/mol. The first-order valence-corrected chi connectivity index (χ1v) is 6.36. The average molecular weight is 300 g/mol. The summed E-state index contributed by atoms with van der Waals surface area (Å²) < 4.78 is 6.96. The molecule has 1 aromatic heterocycles. The van der Waals surface area contributed by atoms with Gasteiger partial charge in [0.05, 0.1) is 5.02 Å². The summed E-state index contributed by atoms with van der Waals surface area (Å²) in [7, 11) is 0. The largest absolute Gasteiger partial charge is 0.460 e. The molecule has 1 unspecified atom stereocenters. The van der Waals surface area contributed by atoms with Gasteiger partial charge in [0.25, 0.3) is 6.23 Å². The highest BCUT2D eigenvalue weighted by Crippen LogP contribution is 2.30. The topological polar surface area (TPSA) is 57.0 Å². The van der Waals surface area contributed by atoms with Crippen molar-refractivity contribution < 1.29 is 9.53 Å². The molecule has 1 aromatic carbocycles. The molecule has 0 spiro atoms. The minimum Gasteiger partial charge on any atom is -0.460 e. The van der Waals surface area contributed by atoms with Gasteiger partial charge in [-0.2, -0.15) is 5.10 Å². The van der Waals surface area contributed by atoms with Crippen LogP contribution < -0.4 is 4.74 Å². The summed E-state index contributed by atoms with van der Waals surface area (Å²) in [5, 5.41) is 4.75. The number of ether oxygens (including phenoxy) is 1. The molecule has 0 aliphatic heterocycles. The Morgan fingerprint density at radius 1 is 1.47 bits per heavy atom. The standard InChI is InChI=1S/C12H11Cl2N3O2/c1-2-10(18)12(17-7-15-6-16-17)19-11-4-3-8(13)5-9(11)14/h3-7,12H,2H2,1H3. The summed E-state index contributed by atoms with van der Waals surface area (Å²) in [6.45, 7) is 1.75. The van der Waals surface area contributed by atoms with Crippen LogP contribution in [0.1, 0.15) is 19.6 Å². The number of hydrogen-bond acceptors (Lipinski definition) is 4. The van der Waals surface area contributed by atoms with E-state index in [9.17, 15) is 4.79 Å². The molecule has 2 rings (SSSR count). The van der Waals surface area contributed by atoms with Crippen LogP contribution in [-0.2, 0) is 4.79 Å². The number of nitrogens with zero attached hydrogens (tertiary/aromatic N) is 3. The van der Waals surface area contributed by atoms with Crippen LogP contribution in [0.3, 0.4) is 0 Å². The van der Waals surface area contributed by atoms with Gasteiger partial charge in [-0.25, -0.2) is 9.67 Å². The lowest BCUT2D eigenvalue weighted by Crippen LogP contribution is -2.25. The van der Waals surface area contributed by atoms with E-state index in [0.717, 1.165) is 0 Å². The number of Topliss-reactive ketones (excluding diaryl/α,β-unsaturated/α-hetero) is 1. The molecule has 0 fully saturated rings. The third kappa shape index (κ3) is 3.24. The van der Waals surface area contributed by atoms with Gasteiger partial charge in [0.1, 0.15) is 18.4 Å². The number of ketones is 1. The second kappa shape index (κ2) is 6.04. The van der Waals surface area contributed by atoms with Crippen LogP contribution in [0, 0.1) is 0 Å². The van der Waals surface area contributed by atoms with Crippen molar-refractivity contribution in [3.05, 3.63) is 40.9 Å². The first kappa shape index (κ1) is 13.8. The Labute approximate surface area is 120 Å². The first-order valence-electron chi connectivity index (χ1n) is 5.60. The fraction of sp³-hybridized carbons (Fsp3) is 0.250. The van der Waals surface area contributed by atoms with Crippen molar-refractivity contribution in [1.82, 2.24) is 14.8 Å². The van der Waals surface area contributed by atoms with Crippen LogP contribution in [0.2, 0.25) is 10.0 Å². The van der Waals surface area contributed by atoms with E-state index in [1.54, 1.807) is 25.1 Å². The van der Waals surface area contributed by atoms with Crippen LogP contribution in [0.5, 0.6) is 5.75 Å². The SMILES string of the molecule is CCC(=O)C(Oc1ccc(Cl)cc1Cl)n1cncn1. The number of benzene rings is 1. The predicted octanol–water partition coefficient (Wildman–Crippen LogP) is 3.14. The second-order valence-corrected chi connectivity index (χ2v) is 4.58. The van der Waals surface area contributed by atoms with E-state index in [1.165, 1.54) is 17.3 Å². The van der Waals surface area contributed by atoms with Crippen LogP contribution >= 0.6 is 23.2 Å². The zero-order valence-electron chi connectivity index (χ0n) is 10.1. The van der Waals surface area contributed by atoms with Gasteiger partial charge in [-0.1, -0.05) is 30.1 Å². The lowest BCUT2D eigenvalue weighted by atomic mass is 10.2. The molecule has 1 atom stereocenters. The summed E-state index contributed by atoms with van der Waals surface area (Å²) in [6.07, 6.45) is 2.19. The van der Waals surface area contributed by atoms with Crippen molar-refractivity contribution >= 4 is 29.0 Å². The highest BCUT2D eigenvalue weighted by molar-refractivity contribution is 6.35. The van der Waals surface area contributed by atoms with Gasteiger partial charge >= 0.3 is 0 Å². The van der Waals surface area contributed by atoms with Crippen molar-refractivity contribution in [3.63, 3.8) is 0 Å². The Kier molecular flexibility index (Phi) is 4.39. The number of hydrogen-bond donors (Lipinski definition) is 0. The molecule has 0 aliphatic carbocycles. The number of carbonyl (C=O) groups is 1. The minimum absolute atomic E-state index is 0.128. The Morgan fingerprint density at radius 3 is 2.84 bits per heavy atom. The Balaban J connectivity index is 2.28. The molecule has 0 saturated heterocycles. The highest BCUT2D eigenvalue weighted by atomic mass is 35.5. The summed E-state index contributed by atoms with van der Waals surface area (Å²) in [6, 6.07) is 4.79. The molecule has 0 N–H and O–H groups in total. The van der Waals surface area contributed by atoms with E-state index in [-0.39, 0.29) is 5.78 Å². The number of aromatic nitrogens is 3. The lowest BCUT2D eigenvalue weighted by molar-refractivity contribution is -0.130. The summed E-state index contributed by atoms with van der Waals surface area (Å²) in [5.41, 5.74) is 0. The number of carbonyl (C=O) groups excluding carboxylic acids is 1. The van der Waals surface area contributed by atoms with Crippen molar-refractivity contribution in [3.8, 4) is 5.75 Å². The molecule has 0 bridgehead atoms. The fourth-order valence-corrected chi connectivity index (χ4v) is 1.92. The summed E-state index contributed by atoms with van der Waals surface area (Å²) in [4.78, 5) is 15.7. The average Bonchev–Trinajstić information content (AvgIpc) is 2.91. The smallest absolute Gasteiger partial charge is 0.251 e. The molecular formula is C12H11Cl2N3O2. The predicted molar refractivity (Wildman–Crippen MR) is 71.4 cm³/mol. The molecule has 0 amide bonds. The Hall–Kier alpha value is -1.59. The van der Waals surface area contributed by atoms with E-state index in [4.69, 9.17) is 27.9 Å². The molecule has 2 aromatic rings. The van der Waals surface area contributed by atoms with E-state index in [0.29, 0.717) is 22.2 Å². The van der Waals surface area contributed by atoms with Crippen molar-refractivity contribution in [1.29, 1.82) is 0 Å². The summed E-state index contributed by atoms with van der Waals surface area (Å²) >= 11 is 11.8. The molecule has 5 nitrogen and oxygen atoms in total. The third-order valence-electron chi connectivity index (χ3n) is 2.43. The maximum absolute atomic E-state index is 11.9. The first-order chi connectivity index (χ1) is 9.11. The zero-order chi connectivity index (χ0) is 13.8. The van der Waals surface area contributed by atoms with Crippen LogP contribution in [0.25, 0.3) is 0 Å². The van der Waals surface area contributed by atoms with Crippen LogP contribution in [-0.4, -0.2) is 20.5 Å². The quantitative estimate of drug-likeness (QED) is 0.851. The third-order valence-corrected chi connectivity index (χ3v) is 2.96. The molecule has 100 valence electrons. The van der Waals surface area contributed by atoms with Crippen molar-refractivity contribution in [2.75, 3.05) is 0 Å². The zero-order valence-corrected chi connectivity index (χ0v) is 11.6. The van der Waals surface area contributed by atoms with Gasteiger partial charge in [-0.3, -0.25) is 4.79 Å². The molecule has 0 aliphatic rings. The maximum Gasteiger partial charge on any atom is 0.251 e. The minimum atomic E-state index is -0.883. The summed E-state index contributed by atoms with van der Waals surface area (Å²) in [5.74, 6) is 0.241. The monoisotopic (exact) mass is 299 g/mol. The lowest BCUT2D eigenvalue weighted by Gasteiger charge is -2.18. The van der Waals surface area contributed by atoms with Crippen LogP contribution in [0.15, 0.2) is 30.9 Å². The Morgan fingerprint density at radius 2 is 2.26 bits per heavy atom. The van der Waals surface area contributed by atoms with Gasteiger partial charge in [-0.05, 0) is 18.2 Å². The van der Waals surface area contributed by atoms with Gasteiger partial charge in [-0.15, -0.1) is 0 Å². The molecule has 1 heterocycles. The molecule has 19 heavy (non-hydrogen) atoms. The second-order valence-electron chi connectivity index (χ2n) is 3.74. The number of halogens is 2. The Bertz CT molecular complexity index is 572. The fourth-order valence-electron chi connectivity index (χ4n) is 1.47. The van der Waals surface area contributed by atoms with E-state index in [1.807, 2.05) is 0 Å². The van der Waals surface area contributed by atoms with E-state index in [2.05, 4.69) is 10.1 Å². The van der Waals surface area contributed by atoms with Gasteiger partial charge in [0, 0.05) is 11.4 Å². The van der Waals surface area contributed by atoms with Gasteiger partial charge < -0.3 is 4.74 Å². The highest BCUT2D eigenvalue weighted by Gasteiger charge is 2.22. The van der Waals surface area contributed by atoms with Crippen LogP contribution in [0.4, 0.5) is 0 Å². The normalized spacial score (nSPS) is 12.2. The van der Waals surface area contributed by atoms with Crippen molar-refractivity contribution in [2.24, 2.45) is 0 Å². The van der Waals surface area contributed by atoms with Crippen molar-refractivity contribution in [2.45, 2.75) is 19.6 Å². The maximum atomic E-state index is 11.9. The molecule has 0 radical (unpaired) electrons. The number of rotatable bonds is 5. The van der Waals surface area contributed by atoms with Gasteiger partial charge in [0.15, 0.2) is 5.78 Å². The van der Waals surface area contributed by atoms with E-state index >= 15 is 0 Å². The molecule has 7 heteroatoms. The van der Waals surface area contributed by atoms with Gasteiger partial charge in [0.2, 0.25) is 0 Å². The van der Waals surface area contributed by atoms with E-state index < -0.39 is 6.23 Å².